The fourth-order valence-electron chi connectivity index (χ4n) is 2.30. The standard InChI is InChI=1S/C20H30N4O2.HI/c1-15-9-6-7-10-16(15)25-12-8-11-22-19(21-5)24-14-18-23-13-17(26-18)20(2,3)4;/h6-7,9-10,13H,8,11-12,14H2,1-5H3,(H2,21,22,24);1H. The summed E-state index contributed by atoms with van der Waals surface area (Å²) in [4.78, 5) is 8.52. The number of halogens is 1. The summed E-state index contributed by atoms with van der Waals surface area (Å²) in [6.45, 7) is 10.3. The van der Waals surface area contributed by atoms with E-state index in [0.717, 1.165) is 36.0 Å². The summed E-state index contributed by atoms with van der Waals surface area (Å²) in [5.74, 6) is 3.19. The van der Waals surface area contributed by atoms with E-state index in [1.807, 2.05) is 31.2 Å². The van der Waals surface area contributed by atoms with E-state index in [0.29, 0.717) is 19.0 Å². The molecule has 0 saturated heterocycles. The van der Waals surface area contributed by atoms with Crippen LogP contribution in [0.2, 0.25) is 0 Å². The SMILES string of the molecule is CN=C(NCCCOc1ccccc1C)NCc1ncc(C(C)(C)C)o1.I. The zero-order chi connectivity index (χ0) is 19.0. The first-order valence-corrected chi connectivity index (χ1v) is 8.98. The number of para-hydroxylation sites is 1. The first-order valence-electron chi connectivity index (χ1n) is 8.98. The van der Waals surface area contributed by atoms with E-state index in [4.69, 9.17) is 9.15 Å². The Labute approximate surface area is 179 Å². The summed E-state index contributed by atoms with van der Waals surface area (Å²) in [7, 11) is 1.75. The lowest BCUT2D eigenvalue weighted by Crippen LogP contribution is -2.37. The van der Waals surface area contributed by atoms with Crippen LogP contribution in [0.4, 0.5) is 0 Å². The van der Waals surface area contributed by atoms with Crippen molar-refractivity contribution in [2.75, 3.05) is 20.2 Å². The molecule has 1 heterocycles. The van der Waals surface area contributed by atoms with Crippen LogP contribution < -0.4 is 15.4 Å². The normalized spacial score (nSPS) is 11.7. The van der Waals surface area contributed by atoms with Crippen LogP contribution in [-0.2, 0) is 12.0 Å². The summed E-state index contributed by atoms with van der Waals surface area (Å²) in [6, 6.07) is 8.04. The van der Waals surface area contributed by atoms with Gasteiger partial charge in [-0.2, -0.15) is 0 Å². The first-order chi connectivity index (χ1) is 12.4. The number of ether oxygens (including phenoxy) is 1. The van der Waals surface area contributed by atoms with Crippen molar-refractivity contribution < 1.29 is 9.15 Å². The molecule has 0 radical (unpaired) electrons. The van der Waals surface area contributed by atoms with Crippen LogP contribution in [0.1, 0.15) is 44.4 Å². The highest BCUT2D eigenvalue weighted by Crippen LogP contribution is 2.22. The molecule has 0 atom stereocenters. The van der Waals surface area contributed by atoms with Crippen LogP contribution in [0.15, 0.2) is 39.9 Å². The van der Waals surface area contributed by atoms with Gasteiger partial charge in [0.1, 0.15) is 11.5 Å². The average molecular weight is 486 g/mol. The minimum Gasteiger partial charge on any atom is -0.493 e. The molecule has 1 aromatic carbocycles. The van der Waals surface area contributed by atoms with Crippen LogP contribution in [0.5, 0.6) is 5.75 Å². The summed E-state index contributed by atoms with van der Waals surface area (Å²) in [5.41, 5.74) is 1.11. The van der Waals surface area contributed by atoms with Gasteiger partial charge in [0.15, 0.2) is 5.96 Å². The number of rotatable bonds is 7. The molecule has 7 heteroatoms. The quantitative estimate of drug-likeness (QED) is 0.268. The van der Waals surface area contributed by atoms with Crippen molar-refractivity contribution in [1.29, 1.82) is 0 Å². The Morgan fingerprint density at radius 3 is 2.59 bits per heavy atom. The second-order valence-electron chi connectivity index (χ2n) is 7.19. The average Bonchev–Trinajstić information content (AvgIpc) is 3.08. The predicted molar refractivity (Wildman–Crippen MR) is 120 cm³/mol. The number of guanidine groups is 1. The Kier molecular flexibility index (Phi) is 9.62. The Morgan fingerprint density at radius 1 is 1.22 bits per heavy atom. The van der Waals surface area contributed by atoms with Crippen molar-refractivity contribution in [3.05, 3.63) is 47.7 Å². The number of nitrogens with one attached hydrogen (secondary N) is 2. The highest BCUT2D eigenvalue weighted by molar-refractivity contribution is 14.0. The van der Waals surface area contributed by atoms with Crippen LogP contribution in [0, 0.1) is 6.92 Å². The van der Waals surface area contributed by atoms with E-state index in [2.05, 4.69) is 41.4 Å². The van der Waals surface area contributed by atoms with E-state index in [-0.39, 0.29) is 29.4 Å². The Balaban J connectivity index is 0.00000364. The molecule has 0 fully saturated rings. The Morgan fingerprint density at radius 2 is 1.96 bits per heavy atom. The largest absolute Gasteiger partial charge is 0.493 e. The number of hydrogen-bond acceptors (Lipinski definition) is 4. The summed E-state index contributed by atoms with van der Waals surface area (Å²) in [5, 5.41) is 6.48. The number of nitrogens with zero attached hydrogens (tertiary/aromatic N) is 2. The van der Waals surface area contributed by atoms with E-state index in [1.54, 1.807) is 13.2 Å². The van der Waals surface area contributed by atoms with Gasteiger partial charge < -0.3 is 19.8 Å². The molecule has 27 heavy (non-hydrogen) atoms. The molecule has 2 aromatic rings. The summed E-state index contributed by atoms with van der Waals surface area (Å²) >= 11 is 0. The molecule has 0 aliphatic carbocycles. The van der Waals surface area contributed by atoms with E-state index >= 15 is 0 Å². The van der Waals surface area contributed by atoms with Crippen LogP contribution in [0.3, 0.4) is 0 Å². The molecule has 150 valence electrons. The second kappa shape index (κ2) is 11.2. The van der Waals surface area contributed by atoms with E-state index in [1.165, 1.54) is 0 Å². The lowest BCUT2D eigenvalue weighted by Gasteiger charge is -2.13. The van der Waals surface area contributed by atoms with Gasteiger partial charge in [0.2, 0.25) is 5.89 Å². The zero-order valence-corrected chi connectivity index (χ0v) is 19.2. The highest BCUT2D eigenvalue weighted by Gasteiger charge is 2.19. The zero-order valence-electron chi connectivity index (χ0n) is 16.8. The van der Waals surface area contributed by atoms with E-state index in [9.17, 15) is 0 Å². The molecule has 0 saturated carbocycles. The van der Waals surface area contributed by atoms with Crippen molar-refractivity contribution in [3.63, 3.8) is 0 Å². The number of oxazole rings is 1. The monoisotopic (exact) mass is 486 g/mol. The van der Waals surface area contributed by atoms with Gasteiger partial charge in [-0.3, -0.25) is 4.99 Å². The molecule has 0 aliphatic rings. The first kappa shape index (κ1) is 23.3. The molecule has 6 nitrogen and oxygen atoms in total. The van der Waals surface area contributed by atoms with Gasteiger partial charge in [-0.15, -0.1) is 24.0 Å². The van der Waals surface area contributed by atoms with Crippen molar-refractivity contribution in [1.82, 2.24) is 15.6 Å². The van der Waals surface area contributed by atoms with Crippen molar-refractivity contribution in [2.45, 2.75) is 46.1 Å². The Hall–Kier alpha value is -1.77. The van der Waals surface area contributed by atoms with Crippen LogP contribution >= 0.6 is 24.0 Å². The summed E-state index contributed by atoms with van der Waals surface area (Å²) in [6.07, 6.45) is 2.67. The van der Waals surface area contributed by atoms with Gasteiger partial charge in [-0.05, 0) is 25.0 Å². The van der Waals surface area contributed by atoms with Gasteiger partial charge in [0, 0.05) is 19.0 Å². The Bertz CT molecular complexity index is 723. The molecule has 0 aliphatic heterocycles. The topological polar surface area (TPSA) is 71.7 Å². The third kappa shape index (κ3) is 7.78. The molecule has 0 unspecified atom stereocenters. The summed E-state index contributed by atoms with van der Waals surface area (Å²) < 4.78 is 11.6. The highest BCUT2D eigenvalue weighted by atomic mass is 127. The fraction of sp³-hybridized carbons (Fsp3) is 0.500. The molecular weight excluding hydrogens is 455 g/mol. The predicted octanol–water partition coefficient (Wildman–Crippen LogP) is 4.03. The van der Waals surface area contributed by atoms with Gasteiger partial charge in [0.25, 0.3) is 0 Å². The molecule has 0 amide bonds. The van der Waals surface area contributed by atoms with Crippen LogP contribution in [-0.4, -0.2) is 31.1 Å². The number of benzene rings is 1. The maximum atomic E-state index is 5.79. The molecule has 1 aromatic heterocycles. The third-order valence-electron chi connectivity index (χ3n) is 3.89. The van der Waals surface area contributed by atoms with Gasteiger partial charge in [-0.25, -0.2) is 4.98 Å². The second-order valence-corrected chi connectivity index (χ2v) is 7.19. The smallest absolute Gasteiger partial charge is 0.213 e. The molecule has 2 rings (SSSR count). The molecule has 0 bridgehead atoms. The van der Waals surface area contributed by atoms with Gasteiger partial charge in [-0.1, -0.05) is 39.0 Å². The van der Waals surface area contributed by atoms with Gasteiger partial charge in [0.05, 0.1) is 19.3 Å². The lowest BCUT2D eigenvalue weighted by atomic mass is 9.94. The van der Waals surface area contributed by atoms with Crippen molar-refractivity contribution in [3.8, 4) is 5.75 Å². The van der Waals surface area contributed by atoms with Crippen molar-refractivity contribution in [2.24, 2.45) is 4.99 Å². The minimum atomic E-state index is -0.0394. The number of aryl methyl sites for hydroxylation is 1. The molecular formula is C20H31IN4O2. The van der Waals surface area contributed by atoms with E-state index < -0.39 is 0 Å². The maximum Gasteiger partial charge on any atom is 0.213 e. The maximum absolute atomic E-state index is 5.79. The number of aliphatic imine (C=N–C) groups is 1. The van der Waals surface area contributed by atoms with Gasteiger partial charge >= 0.3 is 0 Å². The number of hydrogen-bond donors (Lipinski definition) is 2. The van der Waals surface area contributed by atoms with Crippen molar-refractivity contribution >= 4 is 29.9 Å². The number of aromatic nitrogens is 1. The fourth-order valence-corrected chi connectivity index (χ4v) is 2.30. The van der Waals surface area contributed by atoms with Crippen LogP contribution in [0.25, 0.3) is 0 Å². The third-order valence-corrected chi connectivity index (χ3v) is 3.89. The molecule has 2 N–H and O–H groups in total. The minimum absolute atomic E-state index is 0. The lowest BCUT2D eigenvalue weighted by molar-refractivity contribution is 0.309. The molecule has 0 spiro atoms.